The van der Waals surface area contributed by atoms with Crippen molar-refractivity contribution >= 4 is 5.71 Å². The summed E-state index contributed by atoms with van der Waals surface area (Å²) >= 11 is 0. The number of para-hydroxylation sites is 1. The molecule has 0 unspecified atom stereocenters. The summed E-state index contributed by atoms with van der Waals surface area (Å²) in [6.07, 6.45) is 2.59. The molecule has 1 saturated heterocycles. The van der Waals surface area contributed by atoms with Crippen molar-refractivity contribution in [1.29, 1.82) is 0 Å². The Hall–Kier alpha value is -2.40. The summed E-state index contributed by atoms with van der Waals surface area (Å²) in [6, 6.07) is 15.3. The lowest BCUT2D eigenvalue weighted by atomic mass is 9.90. The Morgan fingerprint density at radius 2 is 1.89 bits per heavy atom. The van der Waals surface area contributed by atoms with E-state index in [2.05, 4.69) is 24.1 Å². The Balaban J connectivity index is 1.57. The van der Waals surface area contributed by atoms with Gasteiger partial charge >= 0.3 is 0 Å². The summed E-state index contributed by atoms with van der Waals surface area (Å²) in [5, 5.41) is 7.10. The molecule has 27 heavy (non-hydrogen) atoms. The fourth-order valence-electron chi connectivity index (χ4n) is 4.77. The molecule has 5 rings (SSSR count). The van der Waals surface area contributed by atoms with Crippen molar-refractivity contribution in [3.63, 3.8) is 0 Å². The molecular weight excluding hydrogens is 341 g/mol. The molecule has 5 heteroatoms. The predicted octanol–water partition coefficient (Wildman–Crippen LogP) is 2.76. The van der Waals surface area contributed by atoms with Gasteiger partial charge in [-0.05, 0) is 19.1 Å². The third-order valence-corrected chi connectivity index (χ3v) is 6.33. The summed E-state index contributed by atoms with van der Waals surface area (Å²) in [6.45, 7) is 5.52. The lowest BCUT2D eigenvalue weighted by Gasteiger charge is -2.50. The van der Waals surface area contributed by atoms with Crippen molar-refractivity contribution in [2.24, 2.45) is 5.10 Å². The Kier molecular flexibility index (Phi) is 3.93. The lowest BCUT2D eigenvalue weighted by molar-refractivity contribution is -0.906. The number of benzene rings is 2. The third kappa shape index (κ3) is 2.64. The fourth-order valence-corrected chi connectivity index (χ4v) is 4.77. The standard InChI is InChI=1S/C22H24FN3O/c1-2-25-13-11-22(12-14-25)26-20(17-8-4-6-10-21(17)27-22)15-19(24-26)16-7-3-5-9-18(16)23/h3-10,20H,2,11-15H2,1H3/p+1/t20-/m1/s1. The smallest absolute Gasteiger partial charge is 0.208 e. The average molecular weight is 366 g/mol. The van der Waals surface area contributed by atoms with Crippen LogP contribution in [-0.4, -0.2) is 36.1 Å². The van der Waals surface area contributed by atoms with Gasteiger partial charge in [0, 0.05) is 17.5 Å². The zero-order valence-electron chi connectivity index (χ0n) is 15.6. The highest BCUT2D eigenvalue weighted by Gasteiger charge is 2.52. The molecule has 1 spiro atoms. The van der Waals surface area contributed by atoms with Crippen LogP contribution in [0.2, 0.25) is 0 Å². The van der Waals surface area contributed by atoms with Gasteiger partial charge in [0.2, 0.25) is 5.72 Å². The molecule has 0 bridgehead atoms. The van der Waals surface area contributed by atoms with Crippen molar-refractivity contribution in [2.75, 3.05) is 19.6 Å². The van der Waals surface area contributed by atoms with Crippen LogP contribution in [0.4, 0.5) is 4.39 Å². The van der Waals surface area contributed by atoms with Gasteiger partial charge in [0.15, 0.2) is 0 Å². The molecule has 0 radical (unpaired) electrons. The Morgan fingerprint density at radius 1 is 1.15 bits per heavy atom. The van der Waals surface area contributed by atoms with E-state index < -0.39 is 5.72 Å². The number of ether oxygens (including phenoxy) is 1. The molecule has 3 aliphatic rings. The number of hydrogen-bond acceptors (Lipinski definition) is 3. The highest BCUT2D eigenvalue weighted by Crippen LogP contribution is 2.49. The maximum absolute atomic E-state index is 14.4. The zero-order chi connectivity index (χ0) is 18.4. The van der Waals surface area contributed by atoms with Crippen LogP contribution in [0.5, 0.6) is 5.75 Å². The third-order valence-electron chi connectivity index (χ3n) is 6.33. The van der Waals surface area contributed by atoms with Gasteiger partial charge in [-0.3, -0.25) is 0 Å². The number of hydrazone groups is 1. The molecule has 2 aromatic carbocycles. The van der Waals surface area contributed by atoms with Crippen molar-refractivity contribution < 1.29 is 14.0 Å². The van der Waals surface area contributed by atoms with Gasteiger partial charge in [0.25, 0.3) is 0 Å². The molecular formula is C22H25FN3O+. The second-order valence-electron chi connectivity index (χ2n) is 7.78. The maximum Gasteiger partial charge on any atom is 0.208 e. The van der Waals surface area contributed by atoms with E-state index in [9.17, 15) is 4.39 Å². The van der Waals surface area contributed by atoms with Crippen LogP contribution in [0, 0.1) is 5.82 Å². The van der Waals surface area contributed by atoms with Gasteiger partial charge in [-0.1, -0.05) is 36.4 Å². The van der Waals surface area contributed by atoms with E-state index in [1.54, 1.807) is 11.0 Å². The van der Waals surface area contributed by atoms with Crippen LogP contribution in [-0.2, 0) is 0 Å². The first-order valence-corrected chi connectivity index (χ1v) is 9.93. The molecule has 1 atom stereocenters. The van der Waals surface area contributed by atoms with Gasteiger partial charge < -0.3 is 9.64 Å². The maximum atomic E-state index is 14.4. The zero-order valence-corrected chi connectivity index (χ0v) is 15.6. The summed E-state index contributed by atoms with van der Waals surface area (Å²) in [4.78, 5) is 1.61. The monoisotopic (exact) mass is 366 g/mol. The number of rotatable bonds is 2. The number of quaternary nitrogens is 1. The second kappa shape index (κ2) is 6.34. The molecule has 0 saturated carbocycles. The van der Waals surface area contributed by atoms with Crippen molar-refractivity contribution in [3.8, 4) is 5.75 Å². The largest absolute Gasteiger partial charge is 0.466 e. The molecule has 0 aliphatic carbocycles. The topological polar surface area (TPSA) is 29.3 Å². The van der Waals surface area contributed by atoms with E-state index >= 15 is 0 Å². The summed E-state index contributed by atoms with van der Waals surface area (Å²) in [5.41, 5.74) is 2.17. The van der Waals surface area contributed by atoms with Crippen LogP contribution in [0.1, 0.15) is 43.4 Å². The first-order valence-electron chi connectivity index (χ1n) is 9.93. The van der Waals surface area contributed by atoms with E-state index in [1.807, 2.05) is 24.3 Å². The molecule has 1 fully saturated rings. The molecule has 2 aromatic rings. The number of hydrogen-bond donors (Lipinski definition) is 1. The van der Waals surface area contributed by atoms with Crippen molar-refractivity contribution in [1.82, 2.24) is 5.01 Å². The summed E-state index contributed by atoms with van der Waals surface area (Å²) in [7, 11) is 0. The van der Waals surface area contributed by atoms with Gasteiger partial charge in [-0.2, -0.15) is 5.10 Å². The summed E-state index contributed by atoms with van der Waals surface area (Å²) < 4.78 is 21.0. The van der Waals surface area contributed by atoms with Crippen molar-refractivity contribution in [2.45, 2.75) is 38.0 Å². The first-order chi connectivity index (χ1) is 13.2. The molecule has 0 aromatic heterocycles. The van der Waals surface area contributed by atoms with E-state index in [1.165, 1.54) is 6.07 Å². The van der Waals surface area contributed by atoms with Gasteiger partial charge in [-0.25, -0.2) is 9.40 Å². The normalized spacial score (nSPS) is 29.1. The van der Waals surface area contributed by atoms with E-state index in [4.69, 9.17) is 9.84 Å². The van der Waals surface area contributed by atoms with Gasteiger partial charge in [0.05, 0.1) is 44.2 Å². The quantitative estimate of drug-likeness (QED) is 0.886. The van der Waals surface area contributed by atoms with Gasteiger partial charge in [-0.15, -0.1) is 0 Å². The Labute approximate surface area is 159 Å². The van der Waals surface area contributed by atoms with Crippen LogP contribution < -0.4 is 9.64 Å². The first kappa shape index (κ1) is 16.8. The number of fused-ring (bicyclic) bond motifs is 4. The molecule has 4 nitrogen and oxygen atoms in total. The highest BCUT2D eigenvalue weighted by atomic mass is 19.1. The van der Waals surface area contributed by atoms with Crippen LogP contribution in [0.3, 0.4) is 0 Å². The molecule has 140 valence electrons. The van der Waals surface area contributed by atoms with Crippen molar-refractivity contribution in [3.05, 3.63) is 65.5 Å². The lowest BCUT2D eigenvalue weighted by Crippen LogP contribution is -3.13. The summed E-state index contributed by atoms with van der Waals surface area (Å²) in [5.74, 6) is 0.758. The Bertz CT molecular complexity index is 889. The fraction of sp³-hybridized carbons (Fsp3) is 0.409. The van der Waals surface area contributed by atoms with Crippen LogP contribution >= 0.6 is 0 Å². The number of piperidine rings is 1. The molecule has 3 aliphatic heterocycles. The van der Waals surface area contributed by atoms with Gasteiger partial charge in [0.1, 0.15) is 11.6 Å². The van der Waals surface area contributed by atoms with E-state index in [0.717, 1.165) is 49.5 Å². The van der Waals surface area contributed by atoms with Crippen LogP contribution in [0.25, 0.3) is 0 Å². The van der Waals surface area contributed by atoms with E-state index in [0.29, 0.717) is 12.0 Å². The highest BCUT2D eigenvalue weighted by molar-refractivity contribution is 6.02. The Morgan fingerprint density at radius 3 is 2.67 bits per heavy atom. The minimum atomic E-state index is -0.412. The molecule has 1 N–H and O–H groups in total. The minimum Gasteiger partial charge on any atom is -0.466 e. The SMILES string of the molecule is CC[NH+]1CCC2(CC1)Oc1ccccc1[C@H]1CC(c3ccccc3F)=NN12. The second-order valence-corrected chi connectivity index (χ2v) is 7.78. The van der Waals surface area contributed by atoms with E-state index in [-0.39, 0.29) is 11.9 Å². The van der Waals surface area contributed by atoms with Crippen LogP contribution in [0.15, 0.2) is 53.6 Å². The minimum absolute atomic E-state index is 0.118. The molecule has 3 heterocycles. The number of nitrogens with one attached hydrogen (secondary N) is 1. The number of likely N-dealkylation sites (tertiary alicyclic amines) is 1. The predicted molar refractivity (Wildman–Crippen MR) is 102 cm³/mol. The average Bonchev–Trinajstić information content (AvgIpc) is 3.16. The number of nitrogens with zero attached hydrogens (tertiary/aromatic N) is 2. The number of halogens is 1. The molecule has 0 amide bonds.